The highest BCUT2D eigenvalue weighted by atomic mass is 16.5. The first-order valence-electron chi connectivity index (χ1n) is 4.43. The molecule has 0 amide bonds. The normalized spacial score (nSPS) is 9.57. The van der Waals surface area contributed by atoms with Crippen LogP contribution in [0.4, 0.5) is 0 Å². The van der Waals surface area contributed by atoms with E-state index in [1.165, 1.54) is 7.11 Å². The van der Waals surface area contributed by atoms with Crippen molar-refractivity contribution in [2.45, 2.75) is 13.3 Å². The predicted molar refractivity (Wildman–Crippen MR) is 55.0 cm³/mol. The van der Waals surface area contributed by atoms with Crippen molar-refractivity contribution in [2.75, 3.05) is 7.11 Å². The third kappa shape index (κ3) is 2.19. The van der Waals surface area contributed by atoms with Crippen LogP contribution in [-0.4, -0.2) is 18.1 Å². The monoisotopic (exact) mass is 191 g/mol. The number of ether oxygens (including phenoxy) is 1. The number of pyridine rings is 1. The molecule has 1 aromatic heterocycles. The van der Waals surface area contributed by atoms with E-state index in [-0.39, 0.29) is 5.97 Å². The van der Waals surface area contributed by atoms with Crippen LogP contribution in [0.15, 0.2) is 18.7 Å². The maximum absolute atomic E-state index is 11.3. The summed E-state index contributed by atoms with van der Waals surface area (Å²) in [4.78, 5) is 15.5. The number of carbonyl (C=O) groups excluding carboxylic acids is 1. The van der Waals surface area contributed by atoms with Crippen LogP contribution in [0.25, 0.3) is 6.08 Å². The van der Waals surface area contributed by atoms with Crippen LogP contribution in [0, 0.1) is 0 Å². The summed E-state index contributed by atoms with van der Waals surface area (Å²) in [5.41, 5.74) is 2.09. The maximum atomic E-state index is 11.3. The van der Waals surface area contributed by atoms with E-state index < -0.39 is 0 Å². The summed E-state index contributed by atoms with van der Waals surface area (Å²) in [5, 5.41) is 0. The summed E-state index contributed by atoms with van der Waals surface area (Å²) < 4.78 is 4.63. The molecule has 1 heterocycles. The smallest absolute Gasteiger partial charge is 0.337 e. The number of aromatic nitrogens is 1. The fourth-order valence-electron chi connectivity index (χ4n) is 1.13. The lowest BCUT2D eigenvalue weighted by Gasteiger charge is -2.03. The molecule has 0 bridgehead atoms. The molecule has 0 unspecified atom stereocenters. The Morgan fingerprint density at radius 1 is 1.64 bits per heavy atom. The van der Waals surface area contributed by atoms with Gasteiger partial charge in [-0.05, 0) is 24.6 Å². The zero-order chi connectivity index (χ0) is 10.6. The largest absolute Gasteiger partial charge is 0.465 e. The van der Waals surface area contributed by atoms with Gasteiger partial charge in [0.15, 0.2) is 0 Å². The highest BCUT2D eigenvalue weighted by Gasteiger charge is 2.07. The van der Waals surface area contributed by atoms with Gasteiger partial charge in [-0.3, -0.25) is 4.98 Å². The molecule has 1 rings (SSSR count). The Kier molecular flexibility index (Phi) is 3.40. The van der Waals surface area contributed by atoms with Crippen LogP contribution in [0.1, 0.15) is 28.7 Å². The van der Waals surface area contributed by atoms with Crippen molar-refractivity contribution in [1.82, 2.24) is 4.98 Å². The molecule has 74 valence electrons. The second kappa shape index (κ2) is 4.56. The molecule has 0 aromatic carbocycles. The molecule has 1 aromatic rings. The fourth-order valence-corrected chi connectivity index (χ4v) is 1.13. The molecule has 0 aliphatic rings. The highest BCUT2D eigenvalue weighted by Crippen LogP contribution is 2.09. The van der Waals surface area contributed by atoms with Gasteiger partial charge in [-0.25, -0.2) is 4.79 Å². The zero-order valence-electron chi connectivity index (χ0n) is 8.41. The minimum atomic E-state index is -0.342. The molecule has 0 fully saturated rings. The van der Waals surface area contributed by atoms with Crippen molar-refractivity contribution < 1.29 is 9.53 Å². The van der Waals surface area contributed by atoms with Crippen molar-refractivity contribution in [1.29, 1.82) is 0 Å². The van der Waals surface area contributed by atoms with Gasteiger partial charge in [0.1, 0.15) is 0 Å². The van der Waals surface area contributed by atoms with Gasteiger partial charge in [-0.2, -0.15) is 0 Å². The number of hydrogen-bond acceptors (Lipinski definition) is 3. The third-order valence-corrected chi connectivity index (χ3v) is 1.89. The van der Waals surface area contributed by atoms with Crippen molar-refractivity contribution in [2.24, 2.45) is 0 Å². The quantitative estimate of drug-likeness (QED) is 0.686. The van der Waals surface area contributed by atoms with E-state index in [1.807, 2.05) is 6.92 Å². The molecule has 0 spiro atoms. The molecule has 0 saturated carbocycles. The molecule has 0 N–H and O–H groups in total. The first kappa shape index (κ1) is 10.4. The molecule has 0 atom stereocenters. The first-order valence-corrected chi connectivity index (χ1v) is 4.43. The molecule has 0 aliphatic carbocycles. The summed E-state index contributed by atoms with van der Waals surface area (Å²) in [6.45, 7) is 5.60. The Labute approximate surface area is 83.4 Å². The van der Waals surface area contributed by atoms with Crippen molar-refractivity contribution in [3.8, 4) is 0 Å². The molecule has 3 nitrogen and oxygen atoms in total. The molecule has 0 aliphatic heterocycles. The molecule has 0 radical (unpaired) electrons. The van der Waals surface area contributed by atoms with E-state index in [4.69, 9.17) is 0 Å². The minimum absolute atomic E-state index is 0.342. The van der Waals surface area contributed by atoms with E-state index in [9.17, 15) is 4.79 Å². The summed E-state index contributed by atoms with van der Waals surface area (Å²) in [5.74, 6) is -0.342. The second-order valence-electron chi connectivity index (χ2n) is 2.82. The second-order valence-corrected chi connectivity index (χ2v) is 2.82. The Balaban J connectivity index is 3.16. The number of esters is 1. The predicted octanol–water partition coefficient (Wildman–Crippen LogP) is 2.07. The summed E-state index contributed by atoms with van der Waals surface area (Å²) in [7, 11) is 1.36. The van der Waals surface area contributed by atoms with Crippen LogP contribution >= 0.6 is 0 Å². The summed E-state index contributed by atoms with van der Waals surface area (Å²) in [6, 6.07) is 3.40. The van der Waals surface area contributed by atoms with Crippen LogP contribution in [-0.2, 0) is 11.2 Å². The lowest BCUT2D eigenvalue weighted by atomic mass is 10.1. The number of carbonyl (C=O) groups is 1. The highest BCUT2D eigenvalue weighted by molar-refractivity contribution is 5.89. The molecule has 14 heavy (non-hydrogen) atoms. The van der Waals surface area contributed by atoms with Gasteiger partial charge in [0, 0.05) is 5.69 Å². The Morgan fingerprint density at radius 2 is 2.36 bits per heavy atom. The number of nitrogens with zero attached hydrogens (tertiary/aromatic N) is 1. The van der Waals surface area contributed by atoms with Crippen molar-refractivity contribution in [3.63, 3.8) is 0 Å². The van der Waals surface area contributed by atoms with Crippen LogP contribution in [0.3, 0.4) is 0 Å². The van der Waals surface area contributed by atoms with Gasteiger partial charge in [-0.1, -0.05) is 13.5 Å². The van der Waals surface area contributed by atoms with Gasteiger partial charge in [0.2, 0.25) is 0 Å². The molecular formula is C11H13NO2. The fraction of sp³-hybridized carbons (Fsp3) is 0.273. The van der Waals surface area contributed by atoms with Gasteiger partial charge in [0.25, 0.3) is 0 Å². The average Bonchev–Trinajstić information content (AvgIpc) is 2.27. The Hall–Kier alpha value is -1.64. The molecule has 0 saturated heterocycles. The minimum Gasteiger partial charge on any atom is -0.465 e. The third-order valence-electron chi connectivity index (χ3n) is 1.89. The number of rotatable bonds is 3. The summed E-state index contributed by atoms with van der Waals surface area (Å²) in [6.07, 6.45) is 2.40. The standard InChI is InChI=1S/C11H13NO2/c1-4-9-6-8(11(13)14-3)7-10(5-2)12-9/h4,6-7H,1,5H2,2-3H3. The van der Waals surface area contributed by atoms with Gasteiger partial charge < -0.3 is 4.74 Å². The lowest BCUT2D eigenvalue weighted by Crippen LogP contribution is -2.04. The van der Waals surface area contributed by atoms with Gasteiger partial charge in [-0.15, -0.1) is 0 Å². The van der Waals surface area contributed by atoms with Gasteiger partial charge >= 0.3 is 5.97 Å². The molecule has 3 heteroatoms. The van der Waals surface area contributed by atoms with Gasteiger partial charge in [0.05, 0.1) is 18.4 Å². The average molecular weight is 191 g/mol. The van der Waals surface area contributed by atoms with Crippen LogP contribution in [0.2, 0.25) is 0 Å². The number of hydrogen-bond donors (Lipinski definition) is 0. The topological polar surface area (TPSA) is 39.2 Å². The van der Waals surface area contributed by atoms with E-state index in [1.54, 1.807) is 18.2 Å². The van der Waals surface area contributed by atoms with E-state index in [0.717, 1.165) is 12.1 Å². The van der Waals surface area contributed by atoms with E-state index in [0.29, 0.717) is 11.3 Å². The zero-order valence-corrected chi connectivity index (χ0v) is 8.41. The lowest BCUT2D eigenvalue weighted by molar-refractivity contribution is 0.0600. The maximum Gasteiger partial charge on any atom is 0.337 e. The van der Waals surface area contributed by atoms with Crippen LogP contribution < -0.4 is 0 Å². The number of aryl methyl sites for hydroxylation is 1. The van der Waals surface area contributed by atoms with E-state index in [2.05, 4.69) is 16.3 Å². The summed E-state index contributed by atoms with van der Waals surface area (Å²) >= 11 is 0. The Bertz CT molecular complexity index is 358. The molecular weight excluding hydrogens is 178 g/mol. The first-order chi connectivity index (χ1) is 6.71. The SMILES string of the molecule is C=Cc1cc(C(=O)OC)cc(CC)n1. The van der Waals surface area contributed by atoms with Crippen molar-refractivity contribution >= 4 is 12.0 Å². The van der Waals surface area contributed by atoms with E-state index >= 15 is 0 Å². The number of methoxy groups -OCH3 is 1. The Morgan fingerprint density at radius 3 is 2.86 bits per heavy atom. The van der Waals surface area contributed by atoms with Crippen LogP contribution in [0.5, 0.6) is 0 Å². The van der Waals surface area contributed by atoms with Crippen molar-refractivity contribution in [3.05, 3.63) is 35.7 Å².